The molecule has 0 unspecified atom stereocenters. The van der Waals surface area contributed by atoms with Crippen LogP contribution in [0.15, 0.2) is 53.4 Å². The first-order valence-corrected chi connectivity index (χ1v) is 13.7. The van der Waals surface area contributed by atoms with Crippen molar-refractivity contribution in [1.82, 2.24) is 25.1 Å². The largest absolute Gasteiger partial charge is 0.497 e. The Kier molecular flexibility index (Phi) is 8.02. The van der Waals surface area contributed by atoms with E-state index < -0.39 is 9.84 Å². The van der Waals surface area contributed by atoms with E-state index in [-0.39, 0.29) is 16.8 Å². The maximum Gasteiger partial charge on any atom is 0.198 e. The van der Waals surface area contributed by atoms with Crippen LogP contribution in [-0.2, 0) is 15.7 Å². The second-order valence-corrected chi connectivity index (χ2v) is 10.9. The zero-order valence-electron chi connectivity index (χ0n) is 20.7. The predicted molar refractivity (Wildman–Crippen MR) is 135 cm³/mol. The number of hydrogen-bond donors (Lipinski definition) is 0. The van der Waals surface area contributed by atoms with Crippen molar-refractivity contribution in [2.45, 2.75) is 49.9 Å². The lowest BCUT2D eigenvalue weighted by atomic mass is 10.1. The first kappa shape index (κ1) is 25.1. The number of tetrazole rings is 1. The first-order chi connectivity index (χ1) is 16.9. The van der Waals surface area contributed by atoms with Gasteiger partial charge in [0.15, 0.2) is 21.5 Å². The van der Waals surface area contributed by atoms with Gasteiger partial charge in [-0.25, -0.2) is 13.1 Å². The van der Waals surface area contributed by atoms with Crippen LogP contribution in [0.25, 0.3) is 0 Å². The van der Waals surface area contributed by atoms with Gasteiger partial charge in [0.05, 0.1) is 18.0 Å². The number of aryl methyl sites for hydroxylation is 1. The molecule has 2 heterocycles. The van der Waals surface area contributed by atoms with E-state index in [0.717, 1.165) is 56.8 Å². The highest BCUT2D eigenvalue weighted by Crippen LogP contribution is 2.28. The van der Waals surface area contributed by atoms with Gasteiger partial charge in [-0.1, -0.05) is 37.5 Å². The average Bonchev–Trinajstić information content (AvgIpc) is 3.32. The molecule has 188 valence electrons. The zero-order chi connectivity index (χ0) is 24.8. The number of methoxy groups -OCH3 is 1. The van der Waals surface area contributed by atoms with Crippen molar-refractivity contribution in [2.75, 3.05) is 38.2 Å². The van der Waals surface area contributed by atoms with Gasteiger partial charge in [0.2, 0.25) is 0 Å². The van der Waals surface area contributed by atoms with Crippen LogP contribution in [0, 0.1) is 6.92 Å². The van der Waals surface area contributed by atoms with Crippen molar-refractivity contribution in [1.29, 1.82) is 0 Å². The summed E-state index contributed by atoms with van der Waals surface area (Å²) in [6, 6.07) is 15.0. The number of hydrogen-bond acceptors (Lipinski definition) is 8. The number of benzene rings is 2. The van der Waals surface area contributed by atoms with Crippen LogP contribution in [0.3, 0.4) is 0 Å². The second-order valence-electron chi connectivity index (χ2n) is 8.97. The molecule has 0 bridgehead atoms. The number of nitrogens with zero attached hydrogens (tertiary/aromatic N) is 6. The lowest BCUT2D eigenvalue weighted by Crippen LogP contribution is -2.48. The second kappa shape index (κ2) is 11.2. The molecule has 1 aromatic heterocycles. The van der Waals surface area contributed by atoms with E-state index in [0.29, 0.717) is 5.82 Å². The molecule has 0 aliphatic carbocycles. The molecule has 4 rings (SSSR count). The summed E-state index contributed by atoms with van der Waals surface area (Å²) in [6.07, 6.45) is 2.94. The van der Waals surface area contributed by atoms with Gasteiger partial charge in [0.25, 0.3) is 0 Å². The zero-order valence-corrected chi connectivity index (χ0v) is 21.5. The third-order valence-corrected chi connectivity index (χ3v) is 8.13. The number of ether oxygens (including phenoxy) is 1. The fourth-order valence-electron chi connectivity index (χ4n) is 4.48. The SMILES string of the molecule is CCCC[C@@H](c1nnnn1CS(=O)(=O)c1ccc(C)cc1)N1CCN(c2ccc(OC)cc2)CC1. The lowest BCUT2D eigenvalue weighted by molar-refractivity contribution is 0.163. The van der Waals surface area contributed by atoms with Crippen molar-refractivity contribution in [2.24, 2.45) is 0 Å². The molecular formula is C25H34N6O3S. The van der Waals surface area contributed by atoms with Crippen molar-refractivity contribution in [3.8, 4) is 5.75 Å². The Bertz CT molecular complexity index is 1190. The van der Waals surface area contributed by atoms with Crippen LogP contribution in [0.5, 0.6) is 5.75 Å². The summed E-state index contributed by atoms with van der Waals surface area (Å²) in [5.74, 6) is 1.19. The van der Waals surface area contributed by atoms with Crippen molar-refractivity contribution < 1.29 is 13.2 Å². The van der Waals surface area contributed by atoms with Crippen LogP contribution in [0.1, 0.15) is 43.6 Å². The van der Waals surface area contributed by atoms with E-state index in [9.17, 15) is 8.42 Å². The molecule has 0 spiro atoms. The molecule has 0 amide bonds. The molecule has 35 heavy (non-hydrogen) atoms. The Morgan fingerprint density at radius 1 is 1.00 bits per heavy atom. The Morgan fingerprint density at radius 2 is 1.69 bits per heavy atom. The molecule has 1 aliphatic heterocycles. The Morgan fingerprint density at radius 3 is 2.31 bits per heavy atom. The molecule has 1 saturated heterocycles. The number of unbranched alkanes of at least 4 members (excludes halogenated alkanes) is 1. The van der Waals surface area contributed by atoms with E-state index in [1.807, 2.05) is 19.1 Å². The molecule has 0 radical (unpaired) electrons. The standard InChI is InChI=1S/C25H34N6O3S/c1-4-5-6-24(30-17-15-29(16-18-30)21-9-11-22(34-3)12-10-21)25-26-27-28-31(25)19-35(32,33)23-13-7-20(2)8-14-23/h7-14,24H,4-6,15-19H2,1-3H3/t24-/m0/s1. The van der Waals surface area contributed by atoms with Gasteiger partial charge in [0, 0.05) is 31.9 Å². The third-order valence-electron chi connectivity index (χ3n) is 6.55. The summed E-state index contributed by atoms with van der Waals surface area (Å²) >= 11 is 0. The molecule has 1 atom stereocenters. The topological polar surface area (TPSA) is 93.5 Å². The molecular weight excluding hydrogens is 464 g/mol. The summed E-state index contributed by atoms with van der Waals surface area (Å²) < 4.78 is 32.9. The van der Waals surface area contributed by atoms with Gasteiger partial charge in [-0.05, 0) is 60.2 Å². The smallest absolute Gasteiger partial charge is 0.198 e. The maximum atomic E-state index is 13.1. The van der Waals surface area contributed by atoms with Crippen molar-refractivity contribution in [3.05, 3.63) is 59.9 Å². The Balaban J connectivity index is 1.49. The predicted octanol–water partition coefficient (Wildman–Crippen LogP) is 3.48. The van der Waals surface area contributed by atoms with Crippen LogP contribution < -0.4 is 9.64 Å². The number of sulfone groups is 1. The van der Waals surface area contributed by atoms with E-state index in [1.54, 1.807) is 31.4 Å². The van der Waals surface area contributed by atoms with E-state index in [1.165, 1.54) is 10.4 Å². The van der Waals surface area contributed by atoms with Gasteiger partial charge in [-0.15, -0.1) is 5.10 Å². The summed E-state index contributed by atoms with van der Waals surface area (Å²) in [6.45, 7) is 7.53. The number of anilines is 1. The molecule has 2 aromatic carbocycles. The number of rotatable bonds is 10. The Labute approximate surface area is 207 Å². The highest BCUT2D eigenvalue weighted by atomic mass is 32.2. The van der Waals surface area contributed by atoms with E-state index >= 15 is 0 Å². The normalized spacial score (nSPS) is 15.8. The minimum Gasteiger partial charge on any atom is -0.497 e. The summed E-state index contributed by atoms with van der Waals surface area (Å²) in [5, 5.41) is 12.2. The highest BCUT2D eigenvalue weighted by molar-refractivity contribution is 7.90. The lowest BCUT2D eigenvalue weighted by Gasteiger charge is -2.39. The molecule has 10 heteroatoms. The number of aromatic nitrogens is 4. The Hall–Kier alpha value is -2.98. The van der Waals surface area contributed by atoms with E-state index in [2.05, 4.69) is 44.4 Å². The first-order valence-electron chi connectivity index (χ1n) is 12.1. The minimum atomic E-state index is -3.57. The van der Waals surface area contributed by atoms with Gasteiger partial charge < -0.3 is 9.64 Å². The molecule has 1 fully saturated rings. The number of piperazine rings is 1. The van der Waals surface area contributed by atoms with E-state index in [4.69, 9.17) is 4.74 Å². The van der Waals surface area contributed by atoms with Crippen molar-refractivity contribution >= 4 is 15.5 Å². The molecule has 9 nitrogen and oxygen atoms in total. The minimum absolute atomic E-state index is 0.0313. The molecule has 3 aromatic rings. The van der Waals surface area contributed by atoms with Gasteiger partial charge in [-0.3, -0.25) is 4.90 Å². The molecule has 0 saturated carbocycles. The maximum absolute atomic E-state index is 13.1. The third kappa shape index (κ3) is 5.99. The monoisotopic (exact) mass is 498 g/mol. The fraction of sp³-hybridized carbons (Fsp3) is 0.480. The van der Waals surface area contributed by atoms with Gasteiger partial charge in [-0.2, -0.15) is 0 Å². The fourth-order valence-corrected chi connectivity index (χ4v) is 5.69. The summed E-state index contributed by atoms with van der Waals surface area (Å²) in [4.78, 5) is 5.02. The summed E-state index contributed by atoms with van der Waals surface area (Å²) in [7, 11) is -1.90. The van der Waals surface area contributed by atoms with Crippen LogP contribution >= 0.6 is 0 Å². The quantitative estimate of drug-likeness (QED) is 0.419. The summed E-state index contributed by atoms with van der Waals surface area (Å²) in [5.41, 5.74) is 2.19. The van der Waals surface area contributed by atoms with Gasteiger partial charge in [0.1, 0.15) is 5.75 Å². The van der Waals surface area contributed by atoms with Crippen molar-refractivity contribution in [3.63, 3.8) is 0 Å². The highest BCUT2D eigenvalue weighted by Gasteiger charge is 2.30. The van der Waals surface area contributed by atoms with Crippen LogP contribution in [-0.4, -0.2) is 66.8 Å². The van der Waals surface area contributed by atoms with Crippen LogP contribution in [0.4, 0.5) is 5.69 Å². The molecule has 1 aliphatic rings. The average molecular weight is 499 g/mol. The van der Waals surface area contributed by atoms with Gasteiger partial charge >= 0.3 is 0 Å². The molecule has 0 N–H and O–H groups in total. The van der Waals surface area contributed by atoms with Crippen LogP contribution in [0.2, 0.25) is 0 Å².